The van der Waals surface area contributed by atoms with E-state index in [4.69, 9.17) is 0 Å². The average Bonchev–Trinajstić information content (AvgIpc) is 3.16. The minimum atomic E-state index is -3.85. The van der Waals surface area contributed by atoms with Gasteiger partial charge in [0, 0.05) is 49.5 Å². The number of benzene rings is 1. The van der Waals surface area contributed by atoms with Gasteiger partial charge in [0.15, 0.2) is 0 Å². The largest absolute Gasteiger partial charge is 0.348 e. The highest BCUT2D eigenvalue weighted by Crippen LogP contribution is 2.36. The highest BCUT2D eigenvalue weighted by atomic mass is 32.2. The van der Waals surface area contributed by atoms with E-state index in [0.717, 1.165) is 11.3 Å². The Morgan fingerprint density at radius 2 is 1.85 bits per heavy atom. The lowest BCUT2D eigenvalue weighted by Crippen LogP contribution is -2.42. The molecule has 4 rings (SSSR count). The first-order valence-corrected chi connectivity index (χ1v) is 9.74. The molecule has 2 aromatic heterocycles. The third-order valence-corrected chi connectivity index (χ3v) is 6.53. The van der Waals surface area contributed by atoms with Gasteiger partial charge in [0.05, 0.1) is 15.9 Å². The van der Waals surface area contributed by atoms with E-state index in [9.17, 15) is 18.5 Å². The Kier molecular flexibility index (Phi) is 4.25. The summed E-state index contributed by atoms with van der Waals surface area (Å²) < 4.78 is 30.1. The number of sulfonamides is 1. The van der Waals surface area contributed by atoms with E-state index in [0.29, 0.717) is 13.1 Å². The number of rotatable bonds is 4. The predicted octanol–water partition coefficient (Wildman–Crippen LogP) is 2.59. The number of fused-ring (bicyclic) bond motifs is 1. The molecule has 0 bridgehead atoms. The van der Waals surface area contributed by atoms with Gasteiger partial charge in [-0.05, 0) is 35.9 Å². The molecule has 1 aromatic carbocycles. The highest BCUT2D eigenvalue weighted by molar-refractivity contribution is 7.89. The molecule has 0 amide bonds. The second-order valence-corrected chi connectivity index (χ2v) is 8.07. The molecule has 8 nitrogen and oxygen atoms in total. The SMILES string of the molecule is O=[N+]([O-])c1ccc(S(=O)(=O)N2CCn3cccc3C2c2cccnc2)cc1. The van der Waals surface area contributed by atoms with Gasteiger partial charge in [-0.25, -0.2) is 8.42 Å². The monoisotopic (exact) mass is 384 g/mol. The molecule has 0 saturated carbocycles. The van der Waals surface area contributed by atoms with Crippen molar-refractivity contribution in [2.45, 2.75) is 17.5 Å². The summed E-state index contributed by atoms with van der Waals surface area (Å²) in [6.45, 7) is 0.825. The first-order valence-electron chi connectivity index (χ1n) is 8.30. The van der Waals surface area contributed by atoms with E-state index in [1.165, 1.54) is 28.6 Å². The normalized spacial score (nSPS) is 17.4. The van der Waals surface area contributed by atoms with Crippen LogP contribution in [0.3, 0.4) is 0 Å². The molecule has 0 saturated heterocycles. The maximum Gasteiger partial charge on any atom is 0.269 e. The summed E-state index contributed by atoms with van der Waals surface area (Å²) in [6.07, 6.45) is 5.22. The van der Waals surface area contributed by atoms with Gasteiger partial charge in [-0.3, -0.25) is 15.1 Å². The van der Waals surface area contributed by atoms with E-state index in [1.807, 2.05) is 29.0 Å². The number of aromatic nitrogens is 2. The number of nitrogens with zero attached hydrogens (tertiary/aromatic N) is 4. The Morgan fingerprint density at radius 1 is 1.07 bits per heavy atom. The molecule has 1 aliphatic rings. The number of nitro benzene ring substituents is 1. The number of hydrogen-bond donors (Lipinski definition) is 0. The summed E-state index contributed by atoms with van der Waals surface area (Å²) >= 11 is 0. The van der Waals surface area contributed by atoms with Crippen molar-refractivity contribution in [1.82, 2.24) is 13.9 Å². The fraction of sp³-hybridized carbons (Fsp3) is 0.167. The van der Waals surface area contributed by atoms with Gasteiger partial charge >= 0.3 is 0 Å². The molecule has 1 aliphatic heterocycles. The van der Waals surface area contributed by atoms with Crippen LogP contribution in [0.2, 0.25) is 0 Å². The van der Waals surface area contributed by atoms with E-state index in [-0.39, 0.29) is 10.6 Å². The molecular formula is C18H16N4O4S. The molecule has 138 valence electrons. The lowest BCUT2D eigenvalue weighted by Gasteiger charge is -2.36. The fourth-order valence-corrected chi connectivity index (χ4v) is 4.95. The van der Waals surface area contributed by atoms with Crippen molar-refractivity contribution in [1.29, 1.82) is 0 Å². The molecule has 0 N–H and O–H groups in total. The molecule has 0 aliphatic carbocycles. The topological polar surface area (TPSA) is 98.3 Å². The van der Waals surface area contributed by atoms with Crippen molar-refractivity contribution in [3.05, 3.63) is 88.5 Å². The Hall–Kier alpha value is -3.04. The number of non-ortho nitro benzene ring substituents is 1. The summed E-state index contributed by atoms with van der Waals surface area (Å²) in [5.74, 6) is 0. The summed E-state index contributed by atoms with van der Waals surface area (Å²) in [5.41, 5.74) is 1.48. The third kappa shape index (κ3) is 3.00. The zero-order valence-corrected chi connectivity index (χ0v) is 15.0. The minimum Gasteiger partial charge on any atom is -0.348 e. The lowest BCUT2D eigenvalue weighted by atomic mass is 10.0. The van der Waals surface area contributed by atoms with Crippen molar-refractivity contribution >= 4 is 15.7 Å². The maximum atomic E-state index is 13.3. The van der Waals surface area contributed by atoms with Crippen LogP contribution in [-0.2, 0) is 16.6 Å². The number of hydrogen-bond acceptors (Lipinski definition) is 5. The number of pyridine rings is 1. The van der Waals surface area contributed by atoms with Gasteiger partial charge in [0.2, 0.25) is 10.0 Å². The molecule has 9 heteroatoms. The summed E-state index contributed by atoms with van der Waals surface area (Å²) in [5, 5.41) is 10.8. The van der Waals surface area contributed by atoms with E-state index >= 15 is 0 Å². The Morgan fingerprint density at radius 3 is 2.52 bits per heavy atom. The molecule has 0 radical (unpaired) electrons. The Bertz CT molecular complexity index is 1080. The molecule has 1 unspecified atom stereocenters. The van der Waals surface area contributed by atoms with Gasteiger partial charge in [-0.1, -0.05) is 6.07 Å². The van der Waals surface area contributed by atoms with Crippen molar-refractivity contribution in [2.24, 2.45) is 0 Å². The quantitative estimate of drug-likeness (QED) is 0.509. The predicted molar refractivity (Wildman–Crippen MR) is 97.5 cm³/mol. The van der Waals surface area contributed by atoms with E-state index in [2.05, 4.69) is 4.98 Å². The van der Waals surface area contributed by atoms with Crippen LogP contribution in [0.1, 0.15) is 17.3 Å². The van der Waals surface area contributed by atoms with Crippen LogP contribution in [0.4, 0.5) is 5.69 Å². The fourth-order valence-electron chi connectivity index (χ4n) is 3.37. The molecule has 27 heavy (non-hydrogen) atoms. The second kappa shape index (κ2) is 6.60. The van der Waals surface area contributed by atoms with Crippen LogP contribution in [0.15, 0.2) is 72.0 Å². The van der Waals surface area contributed by atoms with Gasteiger partial charge in [-0.2, -0.15) is 4.31 Å². The Balaban J connectivity index is 1.80. The molecular weight excluding hydrogens is 368 g/mol. The van der Waals surface area contributed by atoms with E-state index in [1.54, 1.807) is 18.5 Å². The number of nitro groups is 1. The van der Waals surface area contributed by atoms with Gasteiger partial charge in [0.1, 0.15) is 0 Å². The smallest absolute Gasteiger partial charge is 0.269 e. The van der Waals surface area contributed by atoms with Crippen molar-refractivity contribution in [2.75, 3.05) is 6.54 Å². The minimum absolute atomic E-state index is 0.0296. The van der Waals surface area contributed by atoms with Crippen LogP contribution < -0.4 is 0 Å². The van der Waals surface area contributed by atoms with Crippen molar-refractivity contribution < 1.29 is 13.3 Å². The van der Waals surface area contributed by atoms with E-state index < -0.39 is 21.0 Å². The highest BCUT2D eigenvalue weighted by Gasteiger charge is 2.37. The van der Waals surface area contributed by atoms with Crippen LogP contribution in [0.25, 0.3) is 0 Å². The zero-order chi connectivity index (χ0) is 19.0. The maximum absolute atomic E-state index is 13.3. The summed E-state index contributed by atoms with van der Waals surface area (Å²) in [6, 6.07) is 11.9. The average molecular weight is 384 g/mol. The second-order valence-electron chi connectivity index (χ2n) is 6.18. The van der Waals surface area contributed by atoms with Gasteiger partial charge in [0.25, 0.3) is 5.69 Å². The molecule has 3 aromatic rings. The molecule has 3 heterocycles. The van der Waals surface area contributed by atoms with Crippen LogP contribution >= 0.6 is 0 Å². The lowest BCUT2D eigenvalue weighted by molar-refractivity contribution is -0.384. The van der Waals surface area contributed by atoms with Crippen LogP contribution in [0.5, 0.6) is 0 Å². The zero-order valence-electron chi connectivity index (χ0n) is 14.2. The standard InChI is InChI=1S/C18H16N4O4S/c23-22(24)15-5-7-16(8-6-15)27(25,26)21-12-11-20-10-2-4-17(20)18(21)14-3-1-9-19-13-14/h1-10,13,18H,11-12H2. The van der Waals surface area contributed by atoms with Gasteiger partial charge < -0.3 is 4.57 Å². The van der Waals surface area contributed by atoms with Crippen molar-refractivity contribution in [3.8, 4) is 0 Å². The van der Waals surface area contributed by atoms with Crippen LogP contribution in [-0.4, -0.2) is 33.7 Å². The third-order valence-electron chi connectivity index (χ3n) is 4.65. The first-order chi connectivity index (χ1) is 13.0. The molecule has 0 fully saturated rings. The summed E-state index contributed by atoms with van der Waals surface area (Å²) in [4.78, 5) is 14.5. The first kappa shape index (κ1) is 17.4. The molecule has 1 atom stereocenters. The molecule has 0 spiro atoms. The Labute approximate surface area is 155 Å². The van der Waals surface area contributed by atoms with Crippen molar-refractivity contribution in [3.63, 3.8) is 0 Å². The van der Waals surface area contributed by atoms with Gasteiger partial charge in [-0.15, -0.1) is 0 Å². The summed E-state index contributed by atoms with van der Waals surface area (Å²) in [7, 11) is -3.85. The van der Waals surface area contributed by atoms with Crippen LogP contribution in [0, 0.1) is 10.1 Å².